The van der Waals surface area contributed by atoms with E-state index in [1.807, 2.05) is 0 Å². The average Bonchev–Trinajstić information content (AvgIpc) is 2.46. The fraction of sp³-hybridized carbons (Fsp3) is 0.429. The van der Waals surface area contributed by atoms with Gasteiger partial charge in [-0.15, -0.1) is 0 Å². The predicted octanol–water partition coefficient (Wildman–Crippen LogP) is 2.02. The van der Waals surface area contributed by atoms with Gasteiger partial charge in [-0.2, -0.15) is 0 Å². The van der Waals surface area contributed by atoms with E-state index in [2.05, 4.69) is 0 Å². The third kappa shape index (κ3) is 4.51. The van der Waals surface area contributed by atoms with Crippen molar-refractivity contribution in [3.8, 4) is 0 Å². The zero-order valence-corrected chi connectivity index (χ0v) is 12.2. The second-order valence-corrected chi connectivity index (χ2v) is 4.29. The van der Waals surface area contributed by atoms with Gasteiger partial charge in [-0.1, -0.05) is 0 Å². The van der Waals surface area contributed by atoms with E-state index < -0.39 is 28.6 Å². The van der Waals surface area contributed by atoms with Crippen molar-refractivity contribution >= 4 is 17.6 Å². The largest absolute Gasteiger partial charge is 0.465 e. The molecule has 0 heterocycles. The molecule has 8 heteroatoms. The molecule has 0 N–H and O–H groups in total. The molecule has 120 valence electrons. The van der Waals surface area contributed by atoms with E-state index in [0.717, 1.165) is 18.2 Å². The SMILES string of the molecule is CCOC(=O)C(Cc1cc([N+](=O)[O-])ccc1F)C(=O)OCC. The summed E-state index contributed by atoms with van der Waals surface area (Å²) in [6.45, 7) is 3.22. The van der Waals surface area contributed by atoms with Crippen molar-refractivity contribution in [3.05, 3.63) is 39.7 Å². The standard InChI is InChI=1S/C14H16FNO6/c1-3-21-13(17)11(14(18)22-4-2)8-9-7-10(16(19)20)5-6-12(9)15/h5-7,11H,3-4,8H2,1-2H3. The maximum absolute atomic E-state index is 13.8. The molecule has 0 bridgehead atoms. The van der Waals surface area contributed by atoms with Crippen LogP contribution in [0.5, 0.6) is 0 Å². The normalized spacial score (nSPS) is 10.4. The summed E-state index contributed by atoms with van der Waals surface area (Å²) in [4.78, 5) is 33.7. The first kappa shape index (κ1) is 17.5. The van der Waals surface area contributed by atoms with Gasteiger partial charge in [-0.05, 0) is 31.9 Å². The number of halogens is 1. The van der Waals surface area contributed by atoms with Crippen LogP contribution in [-0.4, -0.2) is 30.1 Å². The van der Waals surface area contributed by atoms with Gasteiger partial charge >= 0.3 is 11.9 Å². The Morgan fingerprint density at radius 2 is 1.77 bits per heavy atom. The van der Waals surface area contributed by atoms with E-state index >= 15 is 0 Å². The summed E-state index contributed by atoms with van der Waals surface area (Å²) in [7, 11) is 0. The molecule has 1 aromatic carbocycles. The Labute approximate surface area is 126 Å². The smallest absolute Gasteiger partial charge is 0.320 e. The van der Waals surface area contributed by atoms with E-state index in [4.69, 9.17) is 9.47 Å². The van der Waals surface area contributed by atoms with Crippen molar-refractivity contribution in [3.63, 3.8) is 0 Å². The summed E-state index contributed by atoms with van der Waals surface area (Å²) in [5.74, 6) is -3.82. The van der Waals surface area contributed by atoms with Crippen LogP contribution in [0, 0.1) is 21.8 Å². The third-order valence-electron chi connectivity index (χ3n) is 2.81. The first-order chi connectivity index (χ1) is 10.4. The van der Waals surface area contributed by atoms with Crippen LogP contribution in [0.4, 0.5) is 10.1 Å². The Balaban J connectivity index is 3.07. The van der Waals surface area contributed by atoms with Crippen LogP contribution < -0.4 is 0 Å². The number of nitrogens with zero attached hydrogens (tertiary/aromatic N) is 1. The molecule has 0 unspecified atom stereocenters. The zero-order chi connectivity index (χ0) is 16.7. The van der Waals surface area contributed by atoms with Crippen molar-refractivity contribution in [1.29, 1.82) is 0 Å². The van der Waals surface area contributed by atoms with Gasteiger partial charge in [-0.3, -0.25) is 19.7 Å². The summed E-state index contributed by atoms with van der Waals surface area (Å²) in [6.07, 6.45) is -0.370. The molecule has 1 rings (SSSR count). The summed E-state index contributed by atoms with van der Waals surface area (Å²) in [5, 5.41) is 10.7. The second-order valence-electron chi connectivity index (χ2n) is 4.29. The van der Waals surface area contributed by atoms with E-state index in [1.54, 1.807) is 13.8 Å². The van der Waals surface area contributed by atoms with Crippen molar-refractivity contribution in [2.45, 2.75) is 20.3 Å². The molecule has 0 fully saturated rings. The van der Waals surface area contributed by atoms with E-state index in [1.165, 1.54) is 0 Å². The van der Waals surface area contributed by atoms with Gasteiger partial charge in [0.1, 0.15) is 5.82 Å². The Morgan fingerprint density at radius 3 is 2.23 bits per heavy atom. The minimum Gasteiger partial charge on any atom is -0.465 e. The van der Waals surface area contributed by atoms with Gasteiger partial charge in [-0.25, -0.2) is 4.39 Å². The van der Waals surface area contributed by atoms with E-state index in [0.29, 0.717) is 0 Å². The molecule has 0 amide bonds. The molecule has 22 heavy (non-hydrogen) atoms. The molecule has 0 saturated carbocycles. The molecule has 0 atom stereocenters. The fourth-order valence-electron chi connectivity index (χ4n) is 1.80. The molecule has 0 spiro atoms. The lowest BCUT2D eigenvalue weighted by Gasteiger charge is -2.14. The van der Waals surface area contributed by atoms with Crippen LogP contribution in [0.25, 0.3) is 0 Å². The van der Waals surface area contributed by atoms with Gasteiger partial charge in [0.05, 0.1) is 18.1 Å². The second kappa shape index (κ2) is 8.06. The molecule has 0 aliphatic rings. The third-order valence-corrected chi connectivity index (χ3v) is 2.81. The van der Waals surface area contributed by atoms with Crippen LogP contribution in [0.15, 0.2) is 18.2 Å². The van der Waals surface area contributed by atoms with Gasteiger partial charge in [0.2, 0.25) is 0 Å². The van der Waals surface area contributed by atoms with Gasteiger partial charge in [0.25, 0.3) is 5.69 Å². The number of rotatable bonds is 7. The number of ether oxygens (including phenoxy) is 2. The van der Waals surface area contributed by atoms with Crippen LogP contribution >= 0.6 is 0 Å². The van der Waals surface area contributed by atoms with Crippen molar-refractivity contribution in [1.82, 2.24) is 0 Å². The van der Waals surface area contributed by atoms with Crippen LogP contribution in [0.2, 0.25) is 0 Å². The number of benzene rings is 1. The molecule has 1 aromatic rings. The van der Waals surface area contributed by atoms with Gasteiger partial charge < -0.3 is 9.47 Å². The number of esters is 2. The number of nitro benzene ring substituents is 1. The fourth-order valence-corrected chi connectivity index (χ4v) is 1.80. The minimum absolute atomic E-state index is 0.0478. The number of hydrogen-bond donors (Lipinski definition) is 0. The number of non-ortho nitro benzene ring substituents is 1. The lowest BCUT2D eigenvalue weighted by Crippen LogP contribution is -2.30. The highest BCUT2D eigenvalue weighted by Crippen LogP contribution is 2.21. The summed E-state index contributed by atoms with van der Waals surface area (Å²) < 4.78 is 23.3. The number of carbonyl (C=O) groups excluding carboxylic acids is 2. The maximum atomic E-state index is 13.8. The Morgan fingerprint density at radius 1 is 1.23 bits per heavy atom. The van der Waals surface area contributed by atoms with Crippen LogP contribution in [0.3, 0.4) is 0 Å². The highest BCUT2D eigenvalue weighted by molar-refractivity contribution is 5.95. The van der Waals surface area contributed by atoms with Crippen LogP contribution in [0.1, 0.15) is 19.4 Å². The topological polar surface area (TPSA) is 95.7 Å². The number of nitro groups is 1. The predicted molar refractivity (Wildman–Crippen MR) is 73.5 cm³/mol. The van der Waals surface area contributed by atoms with E-state index in [9.17, 15) is 24.1 Å². The Kier molecular flexibility index (Phi) is 6.43. The summed E-state index contributed by atoms with van der Waals surface area (Å²) in [6, 6.07) is 2.91. The highest BCUT2D eigenvalue weighted by Gasteiger charge is 2.31. The van der Waals surface area contributed by atoms with Crippen LogP contribution in [-0.2, 0) is 25.5 Å². The molecular formula is C14H16FNO6. The van der Waals surface area contributed by atoms with Crippen molar-refractivity contribution in [2.24, 2.45) is 5.92 Å². The number of carbonyl (C=O) groups is 2. The number of hydrogen-bond acceptors (Lipinski definition) is 6. The molecule has 0 radical (unpaired) electrons. The Bertz CT molecular complexity index is 556. The molecule has 0 aromatic heterocycles. The lowest BCUT2D eigenvalue weighted by molar-refractivity contribution is -0.385. The zero-order valence-electron chi connectivity index (χ0n) is 12.2. The molecule has 0 saturated heterocycles. The van der Waals surface area contributed by atoms with Gasteiger partial charge in [0.15, 0.2) is 5.92 Å². The summed E-state index contributed by atoms with van der Waals surface area (Å²) in [5.41, 5.74) is -0.455. The molecule has 7 nitrogen and oxygen atoms in total. The minimum atomic E-state index is -1.36. The van der Waals surface area contributed by atoms with Crippen molar-refractivity contribution < 1.29 is 28.4 Å². The summed E-state index contributed by atoms with van der Waals surface area (Å²) >= 11 is 0. The maximum Gasteiger partial charge on any atom is 0.320 e. The Hall–Kier alpha value is -2.51. The monoisotopic (exact) mass is 313 g/mol. The first-order valence-corrected chi connectivity index (χ1v) is 6.66. The van der Waals surface area contributed by atoms with Crippen molar-refractivity contribution in [2.75, 3.05) is 13.2 Å². The highest BCUT2D eigenvalue weighted by atomic mass is 19.1. The van der Waals surface area contributed by atoms with E-state index in [-0.39, 0.29) is 30.9 Å². The first-order valence-electron chi connectivity index (χ1n) is 6.66. The average molecular weight is 313 g/mol. The quantitative estimate of drug-likeness (QED) is 0.331. The molecule has 0 aliphatic carbocycles. The molecule has 0 aliphatic heterocycles. The van der Waals surface area contributed by atoms with Gasteiger partial charge in [0, 0.05) is 12.1 Å². The lowest BCUT2D eigenvalue weighted by atomic mass is 9.98. The molecular weight excluding hydrogens is 297 g/mol.